The smallest absolute Gasteiger partial charge is 0.0621 e. The van der Waals surface area contributed by atoms with Crippen LogP contribution >= 0.6 is 0 Å². The summed E-state index contributed by atoms with van der Waals surface area (Å²) in [6, 6.07) is 2.19. The predicted octanol–water partition coefficient (Wildman–Crippen LogP) is 2.27. The van der Waals surface area contributed by atoms with Crippen molar-refractivity contribution in [3.8, 4) is 6.07 Å². The van der Waals surface area contributed by atoms with Crippen LogP contribution in [-0.2, 0) is 0 Å². The van der Waals surface area contributed by atoms with Crippen molar-refractivity contribution in [3.63, 3.8) is 0 Å². The van der Waals surface area contributed by atoms with E-state index in [1.54, 1.807) is 0 Å². The molecule has 1 rings (SSSR count). The van der Waals surface area contributed by atoms with Crippen molar-refractivity contribution in [3.05, 3.63) is 0 Å². The molecule has 1 aliphatic rings. The van der Waals surface area contributed by atoms with Crippen molar-refractivity contribution in [1.82, 2.24) is 4.90 Å². The Morgan fingerprint density at radius 2 is 2.08 bits per heavy atom. The number of hydrogen-bond acceptors (Lipinski definition) is 2. The zero-order chi connectivity index (χ0) is 9.68. The minimum atomic E-state index is 0.724. The highest BCUT2D eigenvalue weighted by molar-refractivity contribution is 4.81. The lowest BCUT2D eigenvalue weighted by Crippen LogP contribution is -2.49. The van der Waals surface area contributed by atoms with Gasteiger partial charge in [0.15, 0.2) is 0 Å². The minimum absolute atomic E-state index is 0.724. The number of rotatable bonds is 5. The lowest BCUT2D eigenvalue weighted by molar-refractivity contribution is 0.0673. The Balaban J connectivity index is 1.93. The molecule has 0 spiro atoms. The molecular formula is C11H20N2. The summed E-state index contributed by atoms with van der Waals surface area (Å²) in [5.41, 5.74) is 0. The van der Waals surface area contributed by atoms with Gasteiger partial charge >= 0.3 is 0 Å². The molecule has 0 N–H and O–H groups in total. The van der Waals surface area contributed by atoms with Crippen molar-refractivity contribution in [2.45, 2.75) is 33.1 Å². The summed E-state index contributed by atoms with van der Waals surface area (Å²) in [6.45, 7) is 8.37. The van der Waals surface area contributed by atoms with Gasteiger partial charge in [0.2, 0.25) is 0 Å². The molecule has 2 nitrogen and oxygen atoms in total. The average Bonchev–Trinajstić information content (AvgIpc) is 2.00. The summed E-state index contributed by atoms with van der Waals surface area (Å²) in [6.07, 6.45) is 2.99. The number of likely N-dealkylation sites (tertiary alicyclic amines) is 1. The van der Waals surface area contributed by atoms with Crippen molar-refractivity contribution in [2.75, 3.05) is 19.6 Å². The van der Waals surface area contributed by atoms with Crippen LogP contribution in [-0.4, -0.2) is 24.5 Å². The first-order valence-corrected chi connectivity index (χ1v) is 5.33. The minimum Gasteiger partial charge on any atom is -0.303 e. The normalized spacial score (nSPS) is 18.6. The van der Waals surface area contributed by atoms with Crippen LogP contribution in [0.5, 0.6) is 0 Å². The Kier molecular flexibility index (Phi) is 4.24. The van der Waals surface area contributed by atoms with Gasteiger partial charge in [-0.2, -0.15) is 5.26 Å². The quantitative estimate of drug-likeness (QED) is 0.607. The highest BCUT2D eigenvalue weighted by Gasteiger charge is 2.27. The molecule has 1 saturated heterocycles. The van der Waals surface area contributed by atoms with E-state index in [1.165, 1.54) is 26.1 Å². The molecule has 2 heteroatoms. The SMILES string of the molecule is CC(C)C1CN(CCCCC#N)C1. The van der Waals surface area contributed by atoms with E-state index < -0.39 is 0 Å². The summed E-state index contributed by atoms with van der Waals surface area (Å²) in [7, 11) is 0. The fraction of sp³-hybridized carbons (Fsp3) is 0.909. The number of hydrogen-bond donors (Lipinski definition) is 0. The van der Waals surface area contributed by atoms with Crippen molar-refractivity contribution in [2.24, 2.45) is 11.8 Å². The topological polar surface area (TPSA) is 27.0 Å². The maximum Gasteiger partial charge on any atom is 0.0621 e. The van der Waals surface area contributed by atoms with Crippen LogP contribution in [0.1, 0.15) is 33.1 Å². The molecule has 0 radical (unpaired) electrons. The fourth-order valence-electron chi connectivity index (χ4n) is 1.75. The van der Waals surface area contributed by atoms with Crippen LogP contribution in [0.3, 0.4) is 0 Å². The van der Waals surface area contributed by atoms with E-state index in [9.17, 15) is 0 Å². The summed E-state index contributed by atoms with van der Waals surface area (Å²) in [5, 5.41) is 8.35. The summed E-state index contributed by atoms with van der Waals surface area (Å²) < 4.78 is 0. The number of nitrogens with zero attached hydrogens (tertiary/aromatic N) is 2. The van der Waals surface area contributed by atoms with Gasteiger partial charge in [0.05, 0.1) is 6.07 Å². The molecule has 0 aromatic rings. The molecule has 13 heavy (non-hydrogen) atoms. The monoisotopic (exact) mass is 180 g/mol. The molecule has 0 aliphatic carbocycles. The molecule has 0 bridgehead atoms. The van der Waals surface area contributed by atoms with Gasteiger partial charge in [0.25, 0.3) is 0 Å². The highest BCUT2D eigenvalue weighted by Crippen LogP contribution is 2.23. The van der Waals surface area contributed by atoms with E-state index in [2.05, 4.69) is 24.8 Å². The Hall–Kier alpha value is -0.550. The molecule has 0 aromatic carbocycles. The van der Waals surface area contributed by atoms with Crippen LogP contribution in [0.15, 0.2) is 0 Å². The molecule has 0 atom stereocenters. The average molecular weight is 180 g/mol. The van der Waals surface area contributed by atoms with Gasteiger partial charge in [-0.1, -0.05) is 13.8 Å². The second kappa shape index (κ2) is 5.24. The molecule has 0 saturated carbocycles. The van der Waals surface area contributed by atoms with E-state index in [1.807, 2.05) is 0 Å². The number of nitriles is 1. The third kappa shape index (κ3) is 3.36. The van der Waals surface area contributed by atoms with E-state index in [0.717, 1.165) is 24.7 Å². The van der Waals surface area contributed by atoms with E-state index in [4.69, 9.17) is 5.26 Å². The van der Waals surface area contributed by atoms with E-state index in [-0.39, 0.29) is 0 Å². The van der Waals surface area contributed by atoms with Crippen LogP contribution < -0.4 is 0 Å². The maximum atomic E-state index is 8.35. The second-order valence-corrected chi connectivity index (χ2v) is 4.38. The highest BCUT2D eigenvalue weighted by atomic mass is 15.2. The zero-order valence-corrected chi connectivity index (χ0v) is 8.79. The summed E-state index contributed by atoms with van der Waals surface area (Å²) in [5.74, 6) is 1.77. The Labute approximate surface area is 81.5 Å². The standard InChI is InChI=1S/C11H20N2/c1-10(2)11-8-13(9-11)7-5-3-4-6-12/h10-11H,3-5,7-9H2,1-2H3. The molecular weight excluding hydrogens is 160 g/mol. The van der Waals surface area contributed by atoms with E-state index >= 15 is 0 Å². The van der Waals surface area contributed by atoms with Gasteiger partial charge in [-0.25, -0.2) is 0 Å². The first kappa shape index (κ1) is 10.5. The van der Waals surface area contributed by atoms with Crippen LogP contribution in [0.25, 0.3) is 0 Å². The van der Waals surface area contributed by atoms with Crippen molar-refractivity contribution < 1.29 is 0 Å². The molecule has 1 fully saturated rings. The Morgan fingerprint density at radius 1 is 1.38 bits per heavy atom. The van der Waals surface area contributed by atoms with Crippen molar-refractivity contribution >= 4 is 0 Å². The second-order valence-electron chi connectivity index (χ2n) is 4.38. The van der Waals surface area contributed by atoms with E-state index in [0.29, 0.717) is 0 Å². The maximum absolute atomic E-state index is 8.35. The molecule has 0 unspecified atom stereocenters. The first-order chi connectivity index (χ1) is 6.24. The van der Waals surface area contributed by atoms with Gasteiger partial charge in [0.1, 0.15) is 0 Å². The zero-order valence-electron chi connectivity index (χ0n) is 8.79. The first-order valence-electron chi connectivity index (χ1n) is 5.33. The van der Waals surface area contributed by atoms with Gasteiger partial charge in [-0.15, -0.1) is 0 Å². The van der Waals surface area contributed by atoms with Crippen LogP contribution in [0.4, 0.5) is 0 Å². The number of unbranched alkanes of at least 4 members (excludes halogenated alkanes) is 2. The summed E-state index contributed by atoms with van der Waals surface area (Å²) >= 11 is 0. The van der Waals surface area contributed by atoms with Crippen LogP contribution in [0, 0.1) is 23.2 Å². The Morgan fingerprint density at radius 3 is 2.62 bits per heavy atom. The fourth-order valence-corrected chi connectivity index (χ4v) is 1.75. The van der Waals surface area contributed by atoms with Gasteiger partial charge in [0, 0.05) is 19.5 Å². The van der Waals surface area contributed by atoms with Gasteiger partial charge < -0.3 is 4.90 Å². The predicted molar refractivity (Wildman–Crippen MR) is 54.2 cm³/mol. The largest absolute Gasteiger partial charge is 0.303 e. The lowest BCUT2D eigenvalue weighted by atomic mass is 9.88. The van der Waals surface area contributed by atoms with Crippen LogP contribution in [0.2, 0.25) is 0 Å². The third-order valence-electron chi connectivity index (χ3n) is 2.94. The van der Waals surface area contributed by atoms with Gasteiger partial charge in [-0.05, 0) is 31.2 Å². The molecule has 0 amide bonds. The van der Waals surface area contributed by atoms with Crippen molar-refractivity contribution in [1.29, 1.82) is 5.26 Å². The van der Waals surface area contributed by atoms with Gasteiger partial charge in [-0.3, -0.25) is 0 Å². The molecule has 1 aliphatic heterocycles. The summed E-state index contributed by atoms with van der Waals surface area (Å²) in [4.78, 5) is 2.50. The lowest BCUT2D eigenvalue weighted by Gasteiger charge is -2.41. The molecule has 1 heterocycles. The third-order valence-corrected chi connectivity index (χ3v) is 2.94. The molecule has 0 aromatic heterocycles. The molecule has 74 valence electrons. The Bertz CT molecular complexity index is 175.